The standard InChI is InChI=1S/C16H26N4O10S/c1-31-3-2-8(18-13(26)7(17)4-11(22)23)14(27)20-10(6-21)15(28)19-9(16(29)30)5-12(24)25/h7-10,21H,2-6,17H2,1H3,(H,18,26)(H,19,28)(H,20,27)(H,22,23)(H,24,25)(H,29,30). The summed E-state index contributed by atoms with van der Waals surface area (Å²) >= 11 is 1.34. The van der Waals surface area contributed by atoms with Crippen molar-refractivity contribution in [2.45, 2.75) is 43.4 Å². The number of hydrogen-bond acceptors (Lipinski definition) is 9. The minimum Gasteiger partial charge on any atom is -0.481 e. The van der Waals surface area contributed by atoms with Gasteiger partial charge in [0.15, 0.2) is 0 Å². The van der Waals surface area contributed by atoms with Gasteiger partial charge in [0.05, 0.1) is 25.5 Å². The summed E-state index contributed by atoms with van der Waals surface area (Å²) in [5, 5.41) is 42.1. The maximum absolute atomic E-state index is 12.5. The number of nitrogens with two attached hydrogens (primary N) is 1. The molecule has 0 bridgehead atoms. The van der Waals surface area contributed by atoms with E-state index in [0.29, 0.717) is 5.75 Å². The second-order valence-corrected chi connectivity index (χ2v) is 7.27. The maximum Gasteiger partial charge on any atom is 0.326 e. The number of carboxylic acid groups (broad SMARTS) is 3. The number of nitrogens with one attached hydrogen (secondary N) is 3. The number of carboxylic acids is 3. The number of aliphatic hydroxyl groups is 1. The van der Waals surface area contributed by atoms with E-state index in [0.717, 1.165) is 0 Å². The number of hydrogen-bond donors (Lipinski definition) is 8. The Balaban J connectivity index is 5.22. The molecule has 9 N–H and O–H groups in total. The molecular formula is C16H26N4O10S. The molecular weight excluding hydrogens is 440 g/mol. The lowest BCUT2D eigenvalue weighted by Crippen LogP contribution is -2.58. The summed E-state index contributed by atoms with van der Waals surface area (Å²) in [6.07, 6.45) is 0.200. The van der Waals surface area contributed by atoms with E-state index in [1.807, 2.05) is 5.32 Å². The number of aliphatic hydroxyl groups excluding tert-OH is 1. The van der Waals surface area contributed by atoms with Gasteiger partial charge in [-0.25, -0.2) is 4.79 Å². The van der Waals surface area contributed by atoms with Gasteiger partial charge in [-0.2, -0.15) is 11.8 Å². The first-order chi connectivity index (χ1) is 14.4. The third kappa shape index (κ3) is 11.2. The molecule has 0 aromatic carbocycles. The first-order valence-corrected chi connectivity index (χ1v) is 10.2. The van der Waals surface area contributed by atoms with Gasteiger partial charge in [-0.3, -0.25) is 24.0 Å². The molecule has 14 nitrogen and oxygen atoms in total. The van der Waals surface area contributed by atoms with Crippen molar-refractivity contribution >= 4 is 47.4 Å². The molecule has 0 heterocycles. The maximum atomic E-state index is 12.5. The lowest BCUT2D eigenvalue weighted by Gasteiger charge is -2.23. The van der Waals surface area contributed by atoms with Crippen LogP contribution in [0.2, 0.25) is 0 Å². The first-order valence-electron chi connectivity index (χ1n) is 8.85. The second kappa shape index (κ2) is 14.2. The van der Waals surface area contributed by atoms with Crippen molar-refractivity contribution in [1.29, 1.82) is 0 Å². The van der Waals surface area contributed by atoms with Crippen LogP contribution in [0.15, 0.2) is 0 Å². The second-order valence-electron chi connectivity index (χ2n) is 6.29. The summed E-state index contributed by atoms with van der Waals surface area (Å²) in [6, 6.07) is -6.08. The average Bonchev–Trinajstić information content (AvgIpc) is 2.67. The molecule has 0 fully saturated rings. The number of carbonyl (C=O) groups excluding carboxylic acids is 3. The van der Waals surface area contributed by atoms with Gasteiger partial charge in [-0.15, -0.1) is 0 Å². The van der Waals surface area contributed by atoms with Gasteiger partial charge in [-0.1, -0.05) is 0 Å². The third-order valence-corrected chi connectivity index (χ3v) is 4.43. The number of thioether (sulfide) groups is 1. The molecule has 0 saturated heterocycles. The van der Waals surface area contributed by atoms with E-state index in [1.54, 1.807) is 6.26 Å². The molecule has 0 aliphatic carbocycles. The van der Waals surface area contributed by atoms with Crippen molar-refractivity contribution in [2.24, 2.45) is 5.73 Å². The molecule has 0 spiro atoms. The van der Waals surface area contributed by atoms with Gasteiger partial charge in [0.25, 0.3) is 0 Å². The number of amides is 3. The first kappa shape index (κ1) is 28.1. The highest BCUT2D eigenvalue weighted by atomic mass is 32.2. The van der Waals surface area contributed by atoms with Crippen LogP contribution in [0.4, 0.5) is 0 Å². The summed E-state index contributed by atoms with van der Waals surface area (Å²) in [4.78, 5) is 69.2. The minimum atomic E-state index is -1.79. The van der Waals surface area contributed by atoms with Gasteiger partial charge in [0.1, 0.15) is 18.1 Å². The fourth-order valence-corrected chi connectivity index (χ4v) is 2.65. The van der Waals surface area contributed by atoms with E-state index in [-0.39, 0.29) is 6.42 Å². The molecule has 15 heteroatoms. The Kier molecular flexibility index (Phi) is 12.8. The molecule has 0 aromatic rings. The van der Waals surface area contributed by atoms with E-state index in [9.17, 15) is 33.9 Å². The zero-order valence-corrected chi connectivity index (χ0v) is 17.4. The minimum absolute atomic E-state index is 0.0784. The highest BCUT2D eigenvalue weighted by Crippen LogP contribution is 2.03. The number of carbonyl (C=O) groups is 6. The van der Waals surface area contributed by atoms with Crippen LogP contribution in [0.25, 0.3) is 0 Å². The molecule has 0 aliphatic rings. The van der Waals surface area contributed by atoms with Crippen molar-refractivity contribution < 1.29 is 49.2 Å². The lowest BCUT2D eigenvalue weighted by atomic mass is 10.1. The predicted octanol–water partition coefficient (Wildman–Crippen LogP) is -3.45. The predicted molar refractivity (Wildman–Crippen MR) is 106 cm³/mol. The smallest absolute Gasteiger partial charge is 0.326 e. The van der Waals surface area contributed by atoms with Crippen LogP contribution in [0, 0.1) is 0 Å². The van der Waals surface area contributed by atoms with Gasteiger partial charge in [0, 0.05) is 0 Å². The van der Waals surface area contributed by atoms with Crippen LogP contribution in [0.3, 0.4) is 0 Å². The zero-order chi connectivity index (χ0) is 24.1. The van der Waals surface area contributed by atoms with Crippen molar-refractivity contribution in [3.8, 4) is 0 Å². The quantitative estimate of drug-likeness (QED) is 0.117. The third-order valence-electron chi connectivity index (χ3n) is 3.78. The molecule has 176 valence electrons. The van der Waals surface area contributed by atoms with Crippen LogP contribution in [-0.4, -0.2) is 98.8 Å². The molecule has 4 unspecified atom stereocenters. The molecule has 0 radical (unpaired) electrons. The molecule has 0 saturated carbocycles. The SMILES string of the molecule is CSCCC(NC(=O)C(N)CC(=O)O)C(=O)NC(CO)C(=O)NC(CC(=O)O)C(=O)O. The Bertz CT molecular complexity index is 689. The normalized spacial score (nSPS) is 14.4. The highest BCUT2D eigenvalue weighted by molar-refractivity contribution is 7.98. The van der Waals surface area contributed by atoms with Crippen molar-refractivity contribution in [3.05, 3.63) is 0 Å². The summed E-state index contributed by atoms with van der Waals surface area (Å²) in [7, 11) is 0. The Hall–Kier alpha value is -2.91. The van der Waals surface area contributed by atoms with Crippen LogP contribution >= 0.6 is 11.8 Å². The van der Waals surface area contributed by atoms with Crippen LogP contribution in [-0.2, 0) is 28.8 Å². The average molecular weight is 466 g/mol. The molecule has 0 rings (SSSR count). The Morgan fingerprint density at radius 3 is 1.74 bits per heavy atom. The van der Waals surface area contributed by atoms with Crippen LogP contribution in [0.1, 0.15) is 19.3 Å². The molecule has 0 aromatic heterocycles. The molecule has 3 amide bonds. The summed E-state index contributed by atoms with van der Waals surface area (Å²) < 4.78 is 0. The molecule has 4 atom stereocenters. The van der Waals surface area contributed by atoms with Gasteiger partial charge in [-0.05, 0) is 18.4 Å². The van der Waals surface area contributed by atoms with Crippen molar-refractivity contribution in [3.63, 3.8) is 0 Å². The van der Waals surface area contributed by atoms with Gasteiger partial charge >= 0.3 is 17.9 Å². The topological polar surface area (TPSA) is 245 Å². The zero-order valence-electron chi connectivity index (χ0n) is 16.6. The summed E-state index contributed by atoms with van der Waals surface area (Å²) in [5.74, 6) is -7.03. The fourth-order valence-electron chi connectivity index (χ4n) is 2.18. The highest BCUT2D eigenvalue weighted by Gasteiger charge is 2.31. The number of rotatable bonds is 15. The molecule has 31 heavy (non-hydrogen) atoms. The largest absolute Gasteiger partial charge is 0.481 e. The van der Waals surface area contributed by atoms with E-state index in [1.165, 1.54) is 11.8 Å². The monoisotopic (exact) mass is 466 g/mol. The van der Waals surface area contributed by atoms with E-state index in [2.05, 4.69) is 10.6 Å². The van der Waals surface area contributed by atoms with E-state index < -0.39 is 79.2 Å². The van der Waals surface area contributed by atoms with Gasteiger partial charge < -0.3 is 42.1 Å². The van der Waals surface area contributed by atoms with Crippen molar-refractivity contribution in [1.82, 2.24) is 16.0 Å². The van der Waals surface area contributed by atoms with Crippen molar-refractivity contribution in [2.75, 3.05) is 18.6 Å². The van der Waals surface area contributed by atoms with Crippen LogP contribution in [0.5, 0.6) is 0 Å². The number of aliphatic carboxylic acids is 3. The Morgan fingerprint density at radius 1 is 0.806 bits per heavy atom. The van der Waals surface area contributed by atoms with E-state index in [4.69, 9.17) is 21.1 Å². The van der Waals surface area contributed by atoms with E-state index >= 15 is 0 Å². The van der Waals surface area contributed by atoms with Crippen LogP contribution < -0.4 is 21.7 Å². The fraction of sp³-hybridized carbons (Fsp3) is 0.625. The summed E-state index contributed by atoms with van der Waals surface area (Å²) in [6.45, 7) is -0.946. The molecule has 0 aliphatic heterocycles. The Morgan fingerprint density at radius 2 is 1.29 bits per heavy atom. The Labute approximate surface area is 180 Å². The lowest BCUT2D eigenvalue weighted by molar-refractivity contribution is -0.147. The van der Waals surface area contributed by atoms with Gasteiger partial charge in [0.2, 0.25) is 17.7 Å². The summed E-state index contributed by atoms with van der Waals surface area (Å²) in [5.41, 5.74) is 5.46.